The van der Waals surface area contributed by atoms with Crippen LogP contribution in [0.15, 0.2) is 109 Å². The first-order valence-corrected chi connectivity index (χ1v) is 39.1. The van der Waals surface area contributed by atoms with E-state index in [-0.39, 0.29) is 25.7 Å². The highest BCUT2D eigenvalue weighted by Gasteiger charge is 2.30. The molecule has 0 aromatic heterocycles. The third-order valence-corrected chi connectivity index (χ3v) is 16.6. The summed E-state index contributed by atoms with van der Waals surface area (Å²) in [5.41, 5.74) is 0. The number of hydrogen-bond acceptors (Lipinski definition) is 15. The molecule has 0 radical (unpaired) electrons. The second kappa shape index (κ2) is 67.3. The molecule has 0 bridgehead atoms. The number of esters is 4. The summed E-state index contributed by atoms with van der Waals surface area (Å²) < 4.78 is 68.2. The molecule has 0 heterocycles. The van der Waals surface area contributed by atoms with Crippen LogP contribution < -0.4 is 0 Å². The molecule has 540 valence electrons. The van der Waals surface area contributed by atoms with Crippen molar-refractivity contribution in [2.24, 2.45) is 0 Å². The van der Waals surface area contributed by atoms with Crippen LogP contribution in [0.5, 0.6) is 0 Å². The maximum atomic E-state index is 13.0. The summed E-state index contributed by atoms with van der Waals surface area (Å²) in [6.07, 6.45) is 69.7. The average molecular weight is 1360 g/mol. The van der Waals surface area contributed by atoms with E-state index in [1.807, 2.05) is 12.2 Å². The van der Waals surface area contributed by atoms with Crippen molar-refractivity contribution in [2.45, 2.75) is 303 Å². The van der Waals surface area contributed by atoms with E-state index in [2.05, 4.69) is 125 Å². The monoisotopic (exact) mass is 1360 g/mol. The molecule has 19 heteroatoms. The molecule has 94 heavy (non-hydrogen) atoms. The lowest BCUT2D eigenvalue weighted by molar-refractivity contribution is -0.161. The lowest BCUT2D eigenvalue weighted by Crippen LogP contribution is -2.30. The summed E-state index contributed by atoms with van der Waals surface area (Å²) in [7, 11) is -9.96. The van der Waals surface area contributed by atoms with Gasteiger partial charge in [0.15, 0.2) is 12.2 Å². The van der Waals surface area contributed by atoms with Crippen molar-refractivity contribution < 1.29 is 80.2 Å². The SMILES string of the molecule is CC/C=C\C/C=C\C/C=C\C/C=C\C/C=C\CCCC(=O)OCC(COP(=O)(O)OCC(O)COP(=O)(O)OCC(COC(=O)CCCCCCC/C=C\CCCCCC)OC(=O)CCCCCCC/C=C\CCCC)OC(=O)CCCCCCC/C=C\C/C=C\CCC. The lowest BCUT2D eigenvalue weighted by Gasteiger charge is -2.21. The highest BCUT2D eigenvalue weighted by atomic mass is 31.2. The number of aliphatic hydroxyl groups is 1. The first-order chi connectivity index (χ1) is 45.7. The fraction of sp³-hybridized carbons (Fsp3) is 0.707. The fourth-order valence-electron chi connectivity index (χ4n) is 9.15. The average Bonchev–Trinajstić information content (AvgIpc) is 2.15. The fourth-order valence-corrected chi connectivity index (χ4v) is 10.7. The van der Waals surface area contributed by atoms with Crippen LogP contribution in [0.3, 0.4) is 0 Å². The highest BCUT2D eigenvalue weighted by molar-refractivity contribution is 7.47. The molecular weight excluding hydrogens is 1230 g/mol. The van der Waals surface area contributed by atoms with Crippen LogP contribution in [0.1, 0.15) is 285 Å². The van der Waals surface area contributed by atoms with Gasteiger partial charge >= 0.3 is 39.5 Å². The number of phosphoric ester groups is 2. The number of carbonyl (C=O) groups excluding carboxylic acids is 4. The molecule has 0 saturated carbocycles. The van der Waals surface area contributed by atoms with Crippen LogP contribution in [0, 0.1) is 0 Å². The van der Waals surface area contributed by atoms with Gasteiger partial charge in [-0.2, -0.15) is 0 Å². The summed E-state index contributed by atoms with van der Waals surface area (Å²) >= 11 is 0. The molecule has 0 fully saturated rings. The van der Waals surface area contributed by atoms with Crippen molar-refractivity contribution in [1.29, 1.82) is 0 Å². The Labute approximate surface area is 569 Å². The van der Waals surface area contributed by atoms with Crippen LogP contribution in [0.25, 0.3) is 0 Å². The van der Waals surface area contributed by atoms with E-state index in [1.54, 1.807) is 0 Å². The number of ether oxygens (including phenoxy) is 4. The van der Waals surface area contributed by atoms with Gasteiger partial charge in [-0.15, -0.1) is 0 Å². The molecule has 5 unspecified atom stereocenters. The molecule has 0 aliphatic heterocycles. The van der Waals surface area contributed by atoms with E-state index in [4.69, 9.17) is 37.0 Å². The zero-order valence-corrected chi connectivity index (χ0v) is 60.4. The summed E-state index contributed by atoms with van der Waals surface area (Å²) in [5.74, 6) is -2.28. The number of unbranched alkanes of at least 4 members (excludes halogenated alkanes) is 23. The molecular formula is C75H128O17P2. The summed E-state index contributed by atoms with van der Waals surface area (Å²) in [6, 6.07) is 0. The zero-order chi connectivity index (χ0) is 69.0. The number of allylic oxidation sites excluding steroid dienone is 18. The van der Waals surface area contributed by atoms with Crippen molar-refractivity contribution in [3.8, 4) is 0 Å². The standard InChI is InChI=1S/C75H128O17P2/c1-5-9-13-17-21-25-29-32-33-34-35-38-41-44-48-52-56-60-73(78)86-66-71(92-75(80)62-58-54-50-46-42-37-31-27-23-19-15-11-7-3)68-90-94(83,84)88-64-69(76)63-87-93(81,82)89-67-70(91-74(79)61-57-53-49-45-39-28-24-20-16-12-8-4)65-85-72(77)59-55-51-47-43-40-36-30-26-22-18-14-10-6-2/h9,13,15,19-21,24-27,30-33,35,38,44,48,69-71,76H,5-8,10-12,14,16-18,22-23,28-29,34,36-37,39-43,45-47,49-68H2,1-4H3,(H,81,82)(H,83,84)/b13-9-,19-15-,24-20-,25-21-,30-26-,31-27-,33-32-,38-35-,48-44-. The van der Waals surface area contributed by atoms with Gasteiger partial charge in [-0.3, -0.25) is 37.3 Å². The smallest absolute Gasteiger partial charge is 0.462 e. The van der Waals surface area contributed by atoms with E-state index in [1.165, 1.54) is 38.5 Å². The maximum absolute atomic E-state index is 13.0. The summed E-state index contributed by atoms with van der Waals surface area (Å²) in [6.45, 7) is 4.52. The zero-order valence-electron chi connectivity index (χ0n) is 58.6. The second-order valence-electron chi connectivity index (χ2n) is 23.8. The third kappa shape index (κ3) is 66.3. The minimum absolute atomic E-state index is 0.0646. The van der Waals surface area contributed by atoms with Crippen molar-refractivity contribution >= 4 is 39.5 Å². The molecule has 0 saturated heterocycles. The van der Waals surface area contributed by atoms with E-state index < -0.39 is 97.5 Å². The van der Waals surface area contributed by atoms with E-state index in [0.29, 0.717) is 32.1 Å². The number of hydrogen-bond donors (Lipinski definition) is 3. The van der Waals surface area contributed by atoms with Crippen LogP contribution in [-0.4, -0.2) is 96.7 Å². The minimum atomic E-state index is -4.99. The minimum Gasteiger partial charge on any atom is -0.462 e. The predicted molar refractivity (Wildman–Crippen MR) is 381 cm³/mol. The molecule has 17 nitrogen and oxygen atoms in total. The normalized spacial score (nSPS) is 14.7. The van der Waals surface area contributed by atoms with Gasteiger partial charge in [0.1, 0.15) is 19.3 Å². The Kier molecular flexibility index (Phi) is 64.2. The Hall–Kier alpha value is -4.28. The molecule has 0 aromatic rings. The molecule has 0 aliphatic rings. The van der Waals surface area contributed by atoms with Gasteiger partial charge in [0, 0.05) is 25.7 Å². The Morgan fingerprint density at radius 3 is 0.979 bits per heavy atom. The quantitative estimate of drug-likeness (QED) is 0.0169. The summed E-state index contributed by atoms with van der Waals surface area (Å²) in [5, 5.41) is 10.6. The number of aliphatic hydroxyl groups excluding tert-OH is 1. The summed E-state index contributed by atoms with van der Waals surface area (Å²) in [4.78, 5) is 72.6. The van der Waals surface area contributed by atoms with Crippen LogP contribution in [-0.2, 0) is 65.4 Å². The Morgan fingerprint density at radius 2 is 0.596 bits per heavy atom. The molecule has 0 aromatic carbocycles. The maximum Gasteiger partial charge on any atom is 0.472 e. The lowest BCUT2D eigenvalue weighted by atomic mass is 10.1. The van der Waals surface area contributed by atoms with Gasteiger partial charge in [-0.1, -0.05) is 233 Å². The Morgan fingerprint density at radius 1 is 0.309 bits per heavy atom. The first kappa shape index (κ1) is 89.7. The van der Waals surface area contributed by atoms with Gasteiger partial charge in [0.2, 0.25) is 0 Å². The highest BCUT2D eigenvalue weighted by Crippen LogP contribution is 2.45. The van der Waals surface area contributed by atoms with Gasteiger partial charge in [-0.05, 0) is 135 Å². The predicted octanol–water partition coefficient (Wildman–Crippen LogP) is 20.2. The molecule has 0 amide bonds. The van der Waals surface area contributed by atoms with Crippen molar-refractivity contribution in [1.82, 2.24) is 0 Å². The van der Waals surface area contributed by atoms with Crippen molar-refractivity contribution in [2.75, 3.05) is 39.6 Å². The van der Waals surface area contributed by atoms with Gasteiger partial charge in [0.25, 0.3) is 0 Å². The van der Waals surface area contributed by atoms with Crippen LogP contribution in [0.2, 0.25) is 0 Å². The molecule has 0 aliphatic carbocycles. The molecule has 5 atom stereocenters. The van der Waals surface area contributed by atoms with Crippen LogP contribution >= 0.6 is 15.6 Å². The third-order valence-electron chi connectivity index (χ3n) is 14.7. The molecule has 3 N–H and O–H groups in total. The molecule has 0 spiro atoms. The van der Waals surface area contributed by atoms with Gasteiger partial charge in [0.05, 0.1) is 26.4 Å². The largest absolute Gasteiger partial charge is 0.472 e. The van der Waals surface area contributed by atoms with E-state index in [9.17, 15) is 43.2 Å². The van der Waals surface area contributed by atoms with Crippen molar-refractivity contribution in [3.05, 3.63) is 109 Å². The first-order valence-electron chi connectivity index (χ1n) is 36.1. The van der Waals surface area contributed by atoms with Crippen LogP contribution in [0.4, 0.5) is 0 Å². The Balaban J connectivity index is 5.38. The number of carbonyl (C=O) groups is 4. The van der Waals surface area contributed by atoms with Gasteiger partial charge < -0.3 is 33.8 Å². The number of phosphoric acid groups is 2. The molecule has 0 rings (SSSR count). The van der Waals surface area contributed by atoms with E-state index >= 15 is 0 Å². The number of rotatable bonds is 67. The topological polar surface area (TPSA) is 237 Å². The van der Waals surface area contributed by atoms with Gasteiger partial charge in [-0.25, -0.2) is 9.13 Å². The Bertz CT molecular complexity index is 2220. The second-order valence-corrected chi connectivity index (χ2v) is 26.7. The van der Waals surface area contributed by atoms with E-state index in [0.717, 1.165) is 161 Å². The van der Waals surface area contributed by atoms with Crippen molar-refractivity contribution in [3.63, 3.8) is 0 Å².